The van der Waals surface area contributed by atoms with E-state index < -0.39 is 0 Å². The van der Waals surface area contributed by atoms with Crippen LogP contribution in [0.15, 0.2) is 66.0 Å². The van der Waals surface area contributed by atoms with Gasteiger partial charge in [-0.2, -0.15) is 0 Å². The number of halogens is 1. The van der Waals surface area contributed by atoms with Crippen molar-refractivity contribution in [1.82, 2.24) is 9.80 Å². The molecule has 3 amide bonds. The Balaban J connectivity index is 1.48. The minimum atomic E-state index is -0.355. The van der Waals surface area contributed by atoms with E-state index in [1.165, 1.54) is 9.78 Å². The Hall–Kier alpha value is -3.07. The summed E-state index contributed by atoms with van der Waals surface area (Å²) in [5, 5.41) is 5.44. The van der Waals surface area contributed by atoms with Gasteiger partial charge in [0, 0.05) is 42.4 Å². The van der Waals surface area contributed by atoms with Gasteiger partial charge in [-0.1, -0.05) is 35.9 Å². The molecule has 36 heavy (non-hydrogen) atoms. The first-order valence-corrected chi connectivity index (χ1v) is 13.1. The van der Waals surface area contributed by atoms with E-state index in [0.29, 0.717) is 43.4 Å². The molecular formula is C27H30ClN3O4S. The van der Waals surface area contributed by atoms with Crippen LogP contribution in [-0.4, -0.2) is 61.7 Å². The molecule has 0 saturated carbocycles. The van der Waals surface area contributed by atoms with Gasteiger partial charge in [0.25, 0.3) is 0 Å². The van der Waals surface area contributed by atoms with E-state index in [1.54, 1.807) is 42.7 Å². The molecule has 3 aromatic rings. The summed E-state index contributed by atoms with van der Waals surface area (Å²) in [5.74, 6) is 0.640. The number of carbonyl (C=O) groups excluding carboxylic acids is 2. The molecule has 0 bridgehead atoms. The van der Waals surface area contributed by atoms with Crippen molar-refractivity contribution in [2.75, 3.05) is 45.3 Å². The largest absolute Gasteiger partial charge is 0.491 e. The SMILES string of the molecule is COCCCN(CC(=O)N1CCc2sccc2[C@@H]1COc1ccccc1)C(=O)Nc1cccc(Cl)c1. The average Bonchev–Trinajstić information content (AvgIpc) is 3.36. The Morgan fingerprint density at radius 2 is 2.00 bits per heavy atom. The molecule has 1 aromatic heterocycles. The van der Waals surface area contributed by atoms with Gasteiger partial charge in [0.05, 0.1) is 6.04 Å². The highest BCUT2D eigenvalue weighted by atomic mass is 35.5. The highest BCUT2D eigenvalue weighted by Gasteiger charge is 2.33. The molecular weight excluding hydrogens is 498 g/mol. The van der Waals surface area contributed by atoms with E-state index in [4.69, 9.17) is 21.1 Å². The number of rotatable bonds is 10. The monoisotopic (exact) mass is 527 g/mol. The molecule has 2 aromatic carbocycles. The second kappa shape index (κ2) is 12.8. The summed E-state index contributed by atoms with van der Waals surface area (Å²) in [7, 11) is 1.62. The van der Waals surface area contributed by atoms with Crippen LogP contribution in [0.5, 0.6) is 5.75 Å². The smallest absolute Gasteiger partial charge is 0.322 e. The quantitative estimate of drug-likeness (QED) is 0.355. The van der Waals surface area contributed by atoms with Crippen molar-refractivity contribution in [3.05, 3.63) is 81.5 Å². The third-order valence-corrected chi connectivity index (χ3v) is 7.26. The average molecular weight is 528 g/mol. The number of ether oxygens (including phenoxy) is 2. The molecule has 1 atom stereocenters. The summed E-state index contributed by atoms with van der Waals surface area (Å²) >= 11 is 7.77. The lowest BCUT2D eigenvalue weighted by atomic mass is 10.0. The van der Waals surface area contributed by atoms with Gasteiger partial charge in [-0.05, 0) is 60.2 Å². The number of thiophene rings is 1. The molecule has 0 fully saturated rings. The van der Waals surface area contributed by atoms with Crippen molar-refractivity contribution in [3.8, 4) is 5.75 Å². The number of fused-ring (bicyclic) bond motifs is 1. The van der Waals surface area contributed by atoms with E-state index >= 15 is 0 Å². The molecule has 2 heterocycles. The van der Waals surface area contributed by atoms with E-state index in [2.05, 4.69) is 16.8 Å². The topological polar surface area (TPSA) is 71.1 Å². The van der Waals surface area contributed by atoms with Gasteiger partial charge in [0.1, 0.15) is 18.9 Å². The summed E-state index contributed by atoms with van der Waals surface area (Å²) in [5.41, 5.74) is 1.69. The summed E-state index contributed by atoms with van der Waals surface area (Å²) in [6, 6.07) is 18.0. The molecule has 9 heteroatoms. The molecule has 1 aliphatic rings. The summed E-state index contributed by atoms with van der Waals surface area (Å²) in [6.45, 7) is 1.76. The minimum absolute atomic E-state index is 0.0442. The lowest BCUT2D eigenvalue weighted by molar-refractivity contribution is -0.135. The number of nitrogens with zero attached hydrogens (tertiary/aromatic N) is 2. The molecule has 7 nitrogen and oxygen atoms in total. The van der Waals surface area contributed by atoms with Gasteiger partial charge in [0.15, 0.2) is 0 Å². The van der Waals surface area contributed by atoms with Crippen molar-refractivity contribution in [3.63, 3.8) is 0 Å². The number of benzene rings is 2. The fourth-order valence-corrected chi connectivity index (χ4v) is 5.36. The number of carbonyl (C=O) groups is 2. The number of hydrogen-bond donors (Lipinski definition) is 1. The lowest BCUT2D eigenvalue weighted by Gasteiger charge is -2.37. The second-order valence-corrected chi connectivity index (χ2v) is 9.92. The van der Waals surface area contributed by atoms with Crippen molar-refractivity contribution in [2.45, 2.75) is 18.9 Å². The zero-order chi connectivity index (χ0) is 25.3. The van der Waals surface area contributed by atoms with Gasteiger partial charge < -0.3 is 24.6 Å². The maximum atomic E-state index is 13.6. The normalized spacial score (nSPS) is 14.7. The Kier molecular flexibility index (Phi) is 9.22. The van der Waals surface area contributed by atoms with Gasteiger partial charge in [-0.3, -0.25) is 4.79 Å². The van der Waals surface area contributed by atoms with Gasteiger partial charge in [-0.15, -0.1) is 11.3 Å². The van der Waals surface area contributed by atoms with Crippen LogP contribution in [0, 0.1) is 0 Å². The van der Waals surface area contributed by atoms with Crippen molar-refractivity contribution < 1.29 is 19.1 Å². The second-order valence-electron chi connectivity index (χ2n) is 8.48. The maximum absolute atomic E-state index is 13.6. The summed E-state index contributed by atoms with van der Waals surface area (Å²) < 4.78 is 11.2. The Bertz CT molecular complexity index is 1160. The van der Waals surface area contributed by atoms with Gasteiger partial charge in [0.2, 0.25) is 5.91 Å². The van der Waals surface area contributed by atoms with Gasteiger partial charge >= 0.3 is 6.03 Å². The number of urea groups is 1. The first kappa shape index (κ1) is 26.0. The van der Waals surface area contributed by atoms with Crippen LogP contribution in [0.25, 0.3) is 0 Å². The highest BCUT2D eigenvalue weighted by Crippen LogP contribution is 2.34. The molecule has 1 N–H and O–H groups in total. The molecule has 1 aliphatic heterocycles. The first-order valence-electron chi connectivity index (χ1n) is 11.9. The highest BCUT2D eigenvalue weighted by molar-refractivity contribution is 7.10. The molecule has 190 valence electrons. The molecule has 0 aliphatic carbocycles. The van der Waals surface area contributed by atoms with Crippen LogP contribution in [-0.2, 0) is 16.0 Å². The van der Waals surface area contributed by atoms with Gasteiger partial charge in [-0.25, -0.2) is 4.79 Å². The van der Waals surface area contributed by atoms with Crippen molar-refractivity contribution in [1.29, 1.82) is 0 Å². The Morgan fingerprint density at radius 1 is 1.17 bits per heavy atom. The number of amides is 3. The number of para-hydroxylation sites is 1. The standard InChI is InChI=1S/C27H30ClN3O4S/c1-34-15-6-13-30(27(33)29-21-8-5-7-20(28)17-21)18-26(32)31-14-11-25-23(12-16-36-25)24(31)19-35-22-9-3-2-4-10-22/h2-5,7-10,12,16-17,24H,6,11,13-15,18-19H2,1H3,(H,29,33)/t24-/m0/s1. The number of hydrogen-bond acceptors (Lipinski definition) is 5. The van der Waals surface area contributed by atoms with Crippen LogP contribution < -0.4 is 10.1 Å². The predicted octanol–water partition coefficient (Wildman–Crippen LogP) is 5.48. The van der Waals surface area contributed by atoms with Crippen LogP contribution in [0.3, 0.4) is 0 Å². The lowest BCUT2D eigenvalue weighted by Crippen LogP contribution is -2.49. The third kappa shape index (κ3) is 6.78. The first-order chi connectivity index (χ1) is 17.5. The number of anilines is 1. The van der Waals surface area contributed by atoms with Crippen molar-refractivity contribution in [2.24, 2.45) is 0 Å². The molecule has 0 radical (unpaired) electrons. The third-order valence-electron chi connectivity index (χ3n) is 6.03. The van der Waals surface area contributed by atoms with E-state index in [0.717, 1.165) is 17.7 Å². The molecule has 0 saturated heterocycles. The van der Waals surface area contributed by atoms with E-state index in [-0.39, 0.29) is 24.5 Å². The van der Waals surface area contributed by atoms with Crippen molar-refractivity contribution >= 4 is 40.6 Å². The fraction of sp³-hybridized carbons (Fsp3) is 0.333. The fourth-order valence-electron chi connectivity index (χ4n) is 4.24. The van der Waals surface area contributed by atoms with Crippen LogP contribution in [0.4, 0.5) is 10.5 Å². The summed E-state index contributed by atoms with van der Waals surface area (Å²) in [4.78, 5) is 31.4. The zero-order valence-electron chi connectivity index (χ0n) is 20.2. The van der Waals surface area contributed by atoms with Crippen LogP contribution >= 0.6 is 22.9 Å². The maximum Gasteiger partial charge on any atom is 0.322 e. The van der Waals surface area contributed by atoms with Crippen LogP contribution in [0.2, 0.25) is 5.02 Å². The minimum Gasteiger partial charge on any atom is -0.491 e. The molecule has 4 rings (SSSR count). The van der Waals surface area contributed by atoms with Crippen LogP contribution in [0.1, 0.15) is 22.9 Å². The zero-order valence-corrected chi connectivity index (χ0v) is 21.8. The summed E-state index contributed by atoms with van der Waals surface area (Å²) in [6.07, 6.45) is 1.40. The predicted molar refractivity (Wildman–Crippen MR) is 143 cm³/mol. The van der Waals surface area contributed by atoms with E-state index in [9.17, 15) is 9.59 Å². The Labute approximate surface area is 220 Å². The Morgan fingerprint density at radius 3 is 2.78 bits per heavy atom. The molecule has 0 unspecified atom stereocenters. The number of methoxy groups -OCH3 is 1. The van der Waals surface area contributed by atoms with E-state index in [1.807, 2.05) is 35.2 Å². The molecule has 0 spiro atoms. The number of nitrogens with one attached hydrogen (secondary N) is 1.